The largest absolute Gasteiger partial charge is 0.444 e. The quantitative estimate of drug-likeness (QED) is 0.464. The first kappa shape index (κ1) is 21.5. The average Bonchev–Trinajstić information content (AvgIpc) is 2.57. The maximum atomic E-state index is 13.0. The molecule has 0 aliphatic heterocycles. The predicted octanol–water partition coefficient (Wildman–Crippen LogP) is 3.03. The van der Waals surface area contributed by atoms with Gasteiger partial charge >= 0.3 is 6.09 Å². The molecule has 1 amide bonds. The van der Waals surface area contributed by atoms with E-state index < -0.39 is 5.60 Å². The van der Waals surface area contributed by atoms with E-state index >= 15 is 0 Å². The van der Waals surface area contributed by atoms with Gasteiger partial charge in [-0.15, -0.1) is 0 Å². The standard InChI is InChI=1S/C19H29FN4O2/c1-19(2,3)26-18(25)24(11-4-10-23-17(13-21)14-22)12-9-15-5-7-16(20)8-6-15/h5-8,13-14,21,23H,4,9-12,22H2,1-3H3/b17-14+,21-13?. The Labute approximate surface area is 154 Å². The van der Waals surface area contributed by atoms with Crippen molar-refractivity contribution < 1.29 is 13.9 Å². The minimum Gasteiger partial charge on any atom is -0.444 e. The summed E-state index contributed by atoms with van der Waals surface area (Å²) in [6.45, 7) is 7.03. The smallest absolute Gasteiger partial charge is 0.410 e. The zero-order valence-electron chi connectivity index (χ0n) is 15.7. The lowest BCUT2D eigenvalue weighted by atomic mass is 10.1. The molecular weight excluding hydrogens is 335 g/mol. The number of benzene rings is 1. The Hall–Kier alpha value is -2.57. The van der Waals surface area contributed by atoms with Crippen LogP contribution in [0.15, 0.2) is 36.2 Å². The van der Waals surface area contributed by atoms with Crippen LogP contribution in [0.3, 0.4) is 0 Å². The number of hydrogen-bond donors (Lipinski definition) is 3. The molecule has 0 aliphatic rings. The van der Waals surface area contributed by atoms with Crippen molar-refractivity contribution >= 4 is 12.3 Å². The van der Waals surface area contributed by atoms with Crippen LogP contribution in [0.5, 0.6) is 0 Å². The Balaban J connectivity index is 2.61. The van der Waals surface area contributed by atoms with E-state index in [1.54, 1.807) is 17.0 Å². The number of nitrogens with one attached hydrogen (secondary N) is 2. The van der Waals surface area contributed by atoms with E-state index in [4.69, 9.17) is 15.9 Å². The van der Waals surface area contributed by atoms with Gasteiger partial charge < -0.3 is 26.1 Å². The first-order chi connectivity index (χ1) is 12.2. The van der Waals surface area contributed by atoms with Crippen molar-refractivity contribution in [3.63, 3.8) is 0 Å². The van der Waals surface area contributed by atoms with Crippen LogP contribution < -0.4 is 11.1 Å². The molecule has 0 heterocycles. The van der Waals surface area contributed by atoms with Crippen molar-refractivity contribution in [1.29, 1.82) is 5.41 Å². The number of halogens is 1. The number of nitrogens with zero attached hydrogens (tertiary/aromatic N) is 1. The van der Waals surface area contributed by atoms with Crippen molar-refractivity contribution in [2.75, 3.05) is 19.6 Å². The summed E-state index contributed by atoms with van der Waals surface area (Å²) in [6.07, 6.45) is 3.38. The summed E-state index contributed by atoms with van der Waals surface area (Å²) in [5.41, 5.74) is 6.29. The van der Waals surface area contributed by atoms with Crippen molar-refractivity contribution in [2.24, 2.45) is 5.73 Å². The molecule has 0 spiro atoms. The molecule has 144 valence electrons. The highest BCUT2D eigenvalue weighted by atomic mass is 19.1. The lowest BCUT2D eigenvalue weighted by Gasteiger charge is -2.27. The maximum absolute atomic E-state index is 13.0. The number of ether oxygens (including phenoxy) is 1. The SMILES string of the molecule is CC(C)(C)OC(=O)N(CCCN/C(C=N)=C/N)CCc1ccc(F)cc1. The molecule has 6 nitrogen and oxygen atoms in total. The van der Waals surface area contributed by atoms with Crippen LogP contribution in [0.1, 0.15) is 32.8 Å². The van der Waals surface area contributed by atoms with E-state index in [0.717, 1.165) is 11.8 Å². The summed E-state index contributed by atoms with van der Waals surface area (Å²) in [5.74, 6) is -0.279. The Morgan fingerprint density at radius 1 is 1.31 bits per heavy atom. The molecule has 0 unspecified atom stereocenters. The third kappa shape index (κ3) is 8.50. The van der Waals surface area contributed by atoms with Gasteiger partial charge in [0.2, 0.25) is 0 Å². The van der Waals surface area contributed by atoms with E-state index in [1.807, 2.05) is 20.8 Å². The first-order valence-corrected chi connectivity index (χ1v) is 8.64. The van der Waals surface area contributed by atoms with Crippen molar-refractivity contribution in [3.05, 3.63) is 47.5 Å². The number of carbonyl (C=O) groups excluding carboxylic acids is 1. The Morgan fingerprint density at radius 3 is 2.50 bits per heavy atom. The summed E-state index contributed by atoms with van der Waals surface area (Å²) < 4.78 is 18.5. The summed E-state index contributed by atoms with van der Waals surface area (Å²) in [4.78, 5) is 14.1. The second kappa shape index (κ2) is 10.4. The fraction of sp³-hybridized carbons (Fsp3) is 0.474. The summed E-state index contributed by atoms with van der Waals surface area (Å²) in [5, 5.41) is 10.2. The highest BCUT2D eigenvalue weighted by molar-refractivity contribution is 5.74. The number of carbonyl (C=O) groups is 1. The van der Waals surface area contributed by atoms with E-state index in [2.05, 4.69) is 5.32 Å². The second-order valence-electron chi connectivity index (χ2n) is 6.89. The molecule has 0 radical (unpaired) electrons. The molecule has 0 bridgehead atoms. The maximum Gasteiger partial charge on any atom is 0.410 e. The minimum atomic E-state index is -0.570. The van der Waals surface area contributed by atoms with Crippen LogP contribution in [0.2, 0.25) is 0 Å². The second-order valence-corrected chi connectivity index (χ2v) is 6.89. The zero-order chi connectivity index (χ0) is 19.6. The van der Waals surface area contributed by atoms with Crippen LogP contribution in [0.25, 0.3) is 0 Å². The van der Waals surface area contributed by atoms with Crippen LogP contribution in [0.4, 0.5) is 9.18 Å². The summed E-state index contributed by atoms with van der Waals surface area (Å²) >= 11 is 0. The van der Waals surface area contributed by atoms with E-state index in [-0.39, 0.29) is 11.9 Å². The molecule has 1 rings (SSSR count). The number of amides is 1. The Kier molecular flexibility index (Phi) is 8.61. The van der Waals surface area contributed by atoms with Gasteiger partial charge in [0.1, 0.15) is 11.4 Å². The number of hydrogen-bond acceptors (Lipinski definition) is 5. The fourth-order valence-electron chi connectivity index (χ4n) is 2.20. The van der Waals surface area contributed by atoms with E-state index in [9.17, 15) is 9.18 Å². The molecule has 0 saturated heterocycles. The Morgan fingerprint density at radius 2 is 1.96 bits per heavy atom. The highest BCUT2D eigenvalue weighted by Crippen LogP contribution is 2.12. The summed E-state index contributed by atoms with van der Waals surface area (Å²) in [7, 11) is 0. The predicted molar refractivity (Wildman–Crippen MR) is 102 cm³/mol. The Bertz CT molecular complexity index is 609. The molecule has 0 atom stereocenters. The van der Waals surface area contributed by atoms with Gasteiger partial charge in [0, 0.05) is 32.0 Å². The van der Waals surface area contributed by atoms with Crippen LogP contribution in [-0.4, -0.2) is 42.4 Å². The monoisotopic (exact) mass is 364 g/mol. The lowest BCUT2D eigenvalue weighted by molar-refractivity contribution is 0.0250. The van der Waals surface area contributed by atoms with Crippen molar-refractivity contribution in [1.82, 2.24) is 10.2 Å². The van der Waals surface area contributed by atoms with Gasteiger partial charge in [-0.3, -0.25) is 0 Å². The highest BCUT2D eigenvalue weighted by Gasteiger charge is 2.21. The number of nitrogens with two attached hydrogens (primary N) is 1. The lowest BCUT2D eigenvalue weighted by Crippen LogP contribution is -2.39. The molecule has 1 aromatic carbocycles. The first-order valence-electron chi connectivity index (χ1n) is 8.64. The molecule has 0 saturated carbocycles. The van der Waals surface area contributed by atoms with Gasteiger partial charge in [-0.2, -0.15) is 0 Å². The van der Waals surface area contributed by atoms with Crippen LogP contribution >= 0.6 is 0 Å². The third-order valence-electron chi connectivity index (χ3n) is 3.50. The molecule has 0 fully saturated rings. The molecule has 7 heteroatoms. The molecular formula is C19H29FN4O2. The molecule has 4 N–H and O–H groups in total. The minimum absolute atomic E-state index is 0.279. The van der Waals surface area contributed by atoms with Crippen LogP contribution in [-0.2, 0) is 11.2 Å². The van der Waals surface area contributed by atoms with Gasteiger partial charge in [-0.1, -0.05) is 12.1 Å². The van der Waals surface area contributed by atoms with E-state index in [0.29, 0.717) is 38.2 Å². The van der Waals surface area contributed by atoms with Gasteiger partial charge in [-0.25, -0.2) is 9.18 Å². The zero-order valence-corrected chi connectivity index (χ0v) is 15.7. The summed E-state index contributed by atoms with van der Waals surface area (Å²) in [6, 6.07) is 6.25. The topological polar surface area (TPSA) is 91.4 Å². The van der Waals surface area contributed by atoms with E-state index in [1.165, 1.54) is 18.3 Å². The molecule has 0 aromatic heterocycles. The van der Waals surface area contributed by atoms with Crippen molar-refractivity contribution in [2.45, 2.75) is 39.2 Å². The van der Waals surface area contributed by atoms with Gasteiger partial charge in [0.15, 0.2) is 0 Å². The van der Waals surface area contributed by atoms with Crippen LogP contribution in [0, 0.1) is 11.2 Å². The fourth-order valence-corrected chi connectivity index (χ4v) is 2.20. The number of rotatable bonds is 9. The van der Waals surface area contributed by atoms with Crippen molar-refractivity contribution in [3.8, 4) is 0 Å². The average molecular weight is 364 g/mol. The normalized spacial score (nSPS) is 11.8. The van der Waals surface area contributed by atoms with Gasteiger partial charge in [0.05, 0.1) is 5.70 Å². The van der Waals surface area contributed by atoms with Gasteiger partial charge in [-0.05, 0) is 51.3 Å². The van der Waals surface area contributed by atoms with Gasteiger partial charge in [0.25, 0.3) is 0 Å². The number of allylic oxidation sites excluding steroid dienone is 1. The molecule has 0 aliphatic carbocycles. The molecule has 1 aromatic rings. The molecule has 26 heavy (non-hydrogen) atoms. The third-order valence-corrected chi connectivity index (χ3v) is 3.50.